The number of rotatable bonds is 3. The number of pyridine rings is 1. The van der Waals surface area contributed by atoms with Crippen LogP contribution in [-0.4, -0.2) is 12.1 Å². The van der Waals surface area contributed by atoms with E-state index in [1.807, 2.05) is 42.6 Å². The monoisotopic (exact) mass is 211 g/mol. The molecule has 2 nitrogen and oxygen atoms in total. The fourth-order valence-electron chi connectivity index (χ4n) is 1.60. The van der Waals surface area contributed by atoms with Crippen LogP contribution in [0.4, 0.5) is 0 Å². The summed E-state index contributed by atoms with van der Waals surface area (Å²) in [5, 5.41) is 0. The van der Waals surface area contributed by atoms with Gasteiger partial charge in [-0.25, -0.2) is 0 Å². The molecule has 0 saturated heterocycles. The van der Waals surface area contributed by atoms with Crippen molar-refractivity contribution < 1.29 is 4.74 Å². The molecule has 1 heterocycles. The summed E-state index contributed by atoms with van der Waals surface area (Å²) in [6, 6.07) is 9.94. The van der Waals surface area contributed by atoms with Crippen molar-refractivity contribution in [2.24, 2.45) is 0 Å². The molecule has 2 aromatic rings. The van der Waals surface area contributed by atoms with E-state index >= 15 is 0 Å². The van der Waals surface area contributed by atoms with Crippen molar-refractivity contribution in [2.75, 3.05) is 7.11 Å². The molecule has 0 amide bonds. The second-order valence-corrected chi connectivity index (χ2v) is 3.40. The maximum absolute atomic E-state index is 5.13. The Morgan fingerprint density at radius 1 is 1.19 bits per heavy atom. The molecule has 16 heavy (non-hydrogen) atoms. The van der Waals surface area contributed by atoms with E-state index in [9.17, 15) is 0 Å². The number of hydrogen-bond donors (Lipinski definition) is 0. The first kappa shape index (κ1) is 10.4. The van der Waals surface area contributed by atoms with E-state index in [-0.39, 0.29) is 0 Å². The predicted molar refractivity (Wildman–Crippen MR) is 66.3 cm³/mol. The third kappa shape index (κ3) is 1.96. The molecular formula is C14H13NO. The van der Waals surface area contributed by atoms with Crippen LogP contribution in [0, 0.1) is 0 Å². The van der Waals surface area contributed by atoms with Crippen LogP contribution in [0.15, 0.2) is 49.3 Å². The Kier molecular flexibility index (Phi) is 3.01. The molecule has 0 unspecified atom stereocenters. The molecule has 0 bridgehead atoms. The van der Waals surface area contributed by atoms with Gasteiger partial charge >= 0.3 is 0 Å². The lowest BCUT2D eigenvalue weighted by Crippen LogP contribution is -1.86. The van der Waals surface area contributed by atoms with Gasteiger partial charge in [0, 0.05) is 18.0 Å². The van der Waals surface area contributed by atoms with Gasteiger partial charge in [0.25, 0.3) is 0 Å². The number of nitrogens with zero attached hydrogens (tertiary/aromatic N) is 1. The molecule has 0 fully saturated rings. The highest BCUT2D eigenvalue weighted by atomic mass is 16.5. The van der Waals surface area contributed by atoms with Crippen molar-refractivity contribution in [1.29, 1.82) is 0 Å². The molecule has 0 aliphatic heterocycles. The van der Waals surface area contributed by atoms with Crippen LogP contribution in [0.25, 0.3) is 17.2 Å². The van der Waals surface area contributed by atoms with Gasteiger partial charge in [0.1, 0.15) is 5.75 Å². The fourth-order valence-corrected chi connectivity index (χ4v) is 1.60. The highest BCUT2D eigenvalue weighted by Crippen LogP contribution is 2.25. The van der Waals surface area contributed by atoms with Crippen molar-refractivity contribution >= 4 is 6.08 Å². The van der Waals surface area contributed by atoms with Crippen molar-refractivity contribution in [2.45, 2.75) is 0 Å². The molecule has 0 radical (unpaired) electrons. The summed E-state index contributed by atoms with van der Waals surface area (Å²) in [5.41, 5.74) is 3.30. The quantitative estimate of drug-likeness (QED) is 0.776. The largest absolute Gasteiger partial charge is 0.497 e. The topological polar surface area (TPSA) is 22.1 Å². The molecule has 0 N–H and O–H groups in total. The van der Waals surface area contributed by atoms with Gasteiger partial charge in [0.15, 0.2) is 0 Å². The summed E-state index contributed by atoms with van der Waals surface area (Å²) >= 11 is 0. The minimum Gasteiger partial charge on any atom is -0.497 e. The normalized spacial score (nSPS) is 9.81. The van der Waals surface area contributed by atoms with E-state index in [0.717, 1.165) is 22.4 Å². The molecule has 0 saturated carbocycles. The number of ether oxygens (including phenoxy) is 1. The zero-order valence-corrected chi connectivity index (χ0v) is 9.18. The highest BCUT2D eigenvalue weighted by molar-refractivity contribution is 5.74. The van der Waals surface area contributed by atoms with E-state index in [2.05, 4.69) is 11.6 Å². The highest BCUT2D eigenvalue weighted by Gasteiger charge is 2.02. The Labute approximate surface area is 95.2 Å². The van der Waals surface area contributed by atoms with Gasteiger partial charge in [0.2, 0.25) is 0 Å². The number of hydrogen-bond acceptors (Lipinski definition) is 2. The van der Waals surface area contributed by atoms with E-state index in [0.29, 0.717) is 0 Å². The van der Waals surface area contributed by atoms with Crippen molar-refractivity contribution in [3.63, 3.8) is 0 Å². The molecule has 2 heteroatoms. The first-order valence-corrected chi connectivity index (χ1v) is 5.06. The molecule has 1 aromatic heterocycles. The van der Waals surface area contributed by atoms with Crippen LogP contribution >= 0.6 is 0 Å². The lowest BCUT2D eigenvalue weighted by molar-refractivity contribution is 0.415. The molecule has 0 aliphatic carbocycles. The minimum atomic E-state index is 0.859. The molecule has 1 aromatic carbocycles. The summed E-state index contributed by atoms with van der Waals surface area (Å²) in [6.07, 6.45) is 5.41. The Balaban J connectivity index is 2.46. The molecule has 0 spiro atoms. The van der Waals surface area contributed by atoms with Crippen LogP contribution in [0.5, 0.6) is 5.75 Å². The standard InChI is InChI=1S/C14H13NO/c1-3-11-10-15-9-8-14(11)12-4-6-13(16-2)7-5-12/h3-10H,1H2,2H3. The average molecular weight is 211 g/mol. The Bertz CT molecular complexity index is 488. The maximum atomic E-state index is 5.13. The Morgan fingerprint density at radius 2 is 1.94 bits per heavy atom. The number of methoxy groups -OCH3 is 1. The van der Waals surface area contributed by atoms with Gasteiger partial charge in [-0.1, -0.05) is 24.8 Å². The average Bonchev–Trinajstić information content (AvgIpc) is 2.39. The van der Waals surface area contributed by atoms with E-state index in [1.165, 1.54) is 0 Å². The van der Waals surface area contributed by atoms with Gasteiger partial charge in [0.05, 0.1) is 7.11 Å². The van der Waals surface area contributed by atoms with Gasteiger partial charge in [-0.05, 0) is 29.3 Å². The minimum absolute atomic E-state index is 0.859. The second-order valence-electron chi connectivity index (χ2n) is 3.40. The van der Waals surface area contributed by atoms with Gasteiger partial charge in [-0.2, -0.15) is 0 Å². The van der Waals surface area contributed by atoms with Crippen molar-refractivity contribution in [1.82, 2.24) is 4.98 Å². The predicted octanol–water partition coefficient (Wildman–Crippen LogP) is 3.40. The Hall–Kier alpha value is -2.09. The SMILES string of the molecule is C=Cc1cnccc1-c1ccc(OC)cc1. The van der Waals surface area contributed by atoms with Crippen LogP contribution in [-0.2, 0) is 0 Å². The zero-order valence-electron chi connectivity index (χ0n) is 9.18. The zero-order chi connectivity index (χ0) is 11.4. The third-order valence-corrected chi connectivity index (χ3v) is 2.47. The van der Waals surface area contributed by atoms with Gasteiger partial charge in [-0.3, -0.25) is 4.98 Å². The maximum Gasteiger partial charge on any atom is 0.118 e. The second kappa shape index (κ2) is 4.62. The van der Waals surface area contributed by atoms with E-state index < -0.39 is 0 Å². The smallest absolute Gasteiger partial charge is 0.118 e. The van der Waals surface area contributed by atoms with Crippen LogP contribution in [0.2, 0.25) is 0 Å². The molecule has 2 rings (SSSR count). The molecule has 0 aliphatic rings. The summed E-state index contributed by atoms with van der Waals surface area (Å²) < 4.78 is 5.13. The van der Waals surface area contributed by atoms with Crippen LogP contribution in [0.1, 0.15) is 5.56 Å². The van der Waals surface area contributed by atoms with E-state index in [4.69, 9.17) is 4.74 Å². The Morgan fingerprint density at radius 3 is 2.56 bits per heavy atom. The first-order valence-electron chi connectivity index (χ1n) is 5.06. The number of benzene rings is 1. The van der Waals surface area contributed by atoms with Gasteiger partial charge in [-0.15, -0.1) is 0 Å². The summed E-state index contributed by atoms with van der Waals surface area (Å²) in [5.74, 6) is 0.859. The van der Waals surface area contributed by atoms with Crippen LogP contribution < -0.4 is 4.74 Å². The lowest BCUT2D eigenvalue weighted by atomic mass is 10.0. The number of aromatic nitrogens is 1. The van der Waals surface area contributed by atoms with Crippen molar-refractivity contribution in [3.05, 3.63) is 54.9 Å². The van der Waals surface area contributed by atoms with Crippen molar-refractivity contribution in [3.8, 4) is 16.9 Å². The van der Waals surface area contributed by atoms with Crippen LogP contribution in [0.3, 0.4) is 0 Å². The third-order valence-electron chi connectivity index (χ3n) is 2.47. The summed E-state index contributed by atoms with van der Waals surface area (Å²) in [6.45, 7) is 3.79. The lowest BCUT2D eigenvalue weighted by Gasteiger charge is -2.06. The summed E-state index contributed by atoms with van der Waals surface area (Å²) in [7, 11) is 1.66. The van der Waals surface area contributed by atoms with E-state index in [1.54, 1.807) is 13.3 Å². The molecular weight excluding hydrogens is 198 g/mol. The molecule has 80 valence electrons. The molecule has 0 atom stereocenters. The summed E-state index contributed by atoms with van der Waals surface area (Å²) in [4.78, 5) is 4.08. The first-order chi connectivity index (χ1) is 7.85. The van der Waals surface area contributed by atoms with Gasteiger partial charge < -0.3 is 4.74 Å². The fraction of sp³-hybridized carbons (Fsp3) is 0.0714.